The van der Waals surface area contributed by atoms with E-state index in [-0.39, 0.29) is 60.0 Å². The van der Waals surface area contributed by atoms with E-state index in [4.69, 9.17) is 0 Å². The van der Waals surface area contributed by atoms with Gasteiger partial charge in [0, 0.05) is 56.8 Å². The third-order valence-electron chi connectivity index (χ3n) is 14.0. The highest BCUT2D eigenvalue weighted by Gasteiger charge is 2.69. The summed E-state index contributed by atoms with van der Waals surface area (Å²) in [5.74, 6) is -2.48. The van der Waals surface area contributed by atoms with E-state index in [1.807, 2.05) is 6.92 Å². The summed E-state index contributed by atoms with van der Waals surface area (Å²) in [6.45, 7) is 7.56. The standard InChI is InChI=1S/C40H63N3O7S/c1-4-42-22-19-33(51(42,49)50)40(20-13-10-14-21-40)25-30(44)23-28-16-12-9-7-5-6-8-11-15-27(36(46)37(47)41-29-17-18-29)24-32(45)35-34-31(39(34,2)3)26-43(35)38(28)48/h27-29,31,33-35H,4-26H2,1-3H3,(H,41,47)/t27-,28-,31+,33-,34+,35-/m1/s1. The fourth-order valence-corrected chi connectivity index (χ4v) is 13.2. The van der Waals surface area contributed by atoms with Gasteiger partial charge in [0.2, 0.25) is 21.7 Å². The van der Waals surface area contributed by atoms with Gasteiger partial charge in [-0.15, -0.1) is 0 Å². The fourth-order valence-electron chi connectivity index (χ4n) is 10.7. The Hall–Kier alpha value is -2.14. The molecular weight excluding hydrogens is 667 g/mol. The summed E-state index contributed by atoms with van der Waals surface area (Å²) in [6, 6.07) is -0.598. The average molecular weight is 730 g/mol. The van der Waals surface area contributed by atoms with Crippen molar-refractivity contribution in [2.75, 3.05) is 19.6 Å². The Morgan fingerprint density at radius 3 is 2.10 bits per heavy atom. The molecule has 3 saturated carbocycles. The summed E-state index contributed by atoms with van der Waals surface area (Å²) in [4.78, 5) is 71.2. The van der Waals surface area contributed by atoms with Crippen LogP contribution in [0.1, 0.15) is 149 Å². The first-order valence-electron chi connectivity index (χ1n) is 20.5. The molecular formula is C40H63N3O7S. The third-order valence-corrected chi connectivity index (χ3v) is 16.6. The van der Waals surface area contributed by atoms with Crippen LogP contribution in [-0.2, 0) is 34.0 Å². The van der Waals surface area contributed by atoms with Gasteiger partial charge in [-0.1, -0.05) is 85.0 Å². The third kappa shape index (κ3) is 8.19. The van der Waals surface area contributed by atoms with E-state index in [0.29, 0.717) is 38.9 Å². The van der Waals surface area contributed by atoms with Gasteiger partial charge >= 0.3 is 0 Å². The van der Waals surface area contributed by atoms with Crippen LogP contribution in [0.3, 0.4) is 0 Å². The molecule has 2 amide bonds. The number of ketones is 3. The van der Waals surface area contributed by atoms with E-state index in [1.54, 1.807) is 9.21 Å². The Morgan fingerprint density at radius 2 is 1.47 bits per heavy atom. The molecule has 51 heavy (non-hydrogen) atoms. The van der Waals surface area contributed by atoms with Crippen molar-refractivity contribution in [3.63, 3.8) is 0 Å². The molecule has 6 atom stereocenters. The number of carbonyl (C=O) groups excluding carboxylic acids is 5. The summed E-state index contributed by atoms with van der Waals surface area (Å²) in [5.41, 5.74) is -0.691. The zero-order valence-corrected chi connectivity index (χ0v) is 32.3. The summed E-state index contributed by atoms with van der Waals surface area (Å²) in [6.07, 6.45) is 14.5. The van der Waals surface area contributed by atoms with Crippen molar-refractivity contribution in [1.82, 2.24) is 14.5 Å². The first-order valence-corrected chi connectivity index (χ1v) is 22.0. The highest BCUT2D eigenvalue weighted by molar-refractivity contribution is 7.90. The maximum atomic E-state index is 14.6. The molecule has 0 bridgehead atoms. The van der Waals surface area contributed by atoms with Crippen molar-refractivity contribution in [2.45, 2.75) is 167 Å². The number of hydrogen-bond acceptors (Lipinski definition) is 7. The molecule has 0 spiro atoms. The molecule has 11 heteroatoms. The van der Waals surface area contributed by atoms with Crippen molar-refractivity contribution in [3.8, 4) is 0 Å². The minimum Gasteiger partial charge on any atom is -0.347 e. The van der Waals surface area contributed by atoms with Gasteiger partial charge in [-0.05, 0) is 67.6 Å². The molecule has 3 heterocycles. The number of nitrogens with zero attached hydrogens (tertiary/aromatic N) is 2. The molecule has 0 aromatic carbocycles. The molecule has 3 aliphatic carbocycles. The van der Waals surface area contributed by atoms with E-state index in [1.165, 1.54) is 0 Å². The smallest absolute Gasteiger partial charge is 0.287 e. The Balaban J connectivity index is 1.22. The fraction of sp³-hybridized carbons (Fsp3) is 0.875. The summed E-state index contributed by atoms with van der Waals surface area (Å²) in [5, 5.41) is 2.26. The van der Waals surface area contributed by atoms with Crippen LogP contribution in [0, 0.1) is 34.5 Å². The number of fused-ring (bicyclic) bond motifs is 3. The maximum Gasteiger partial charge on any atom is 0.287 e. The van der Waals surface area contributed by atoms with Crippen LogP contribution < -0.4 is 5.32 Å². The number of sulfonamides is 1. The molecule has 10 nitrogen and oxygen atoms in total. The second kappa shape index (κ2) is 15.7. The van der Waals surface area contributed by atoms with Crippen molar-refractivity contribution < 1.29 is 32.4 Å². The molecule has 286 valence electrons. The number of rotatable bonds is 9. The lowest BCUT2D eigenvalue weighted by Gasteiger charge is -2.41. The lowest BCUT2D eigenvalue weighted by Crippen LogP contribution is -2.49. The maximum absolute atomic E-state index is 14.6. The van der Waals surface area contributed by atoms with Gasteiger partial charge in [0.15, 0.2) is 5.78 Å². The van der Waals surface area contributed by atoms with E-state index in [9.17, 15) is 32.4 Å². The number of piperidine rings is 1. The quantitative estimate of drug-likeness (QED) is 0.298. The van der Waals surface area contributed by atoms with Crippen LogP contribution in [0.5, 0.6) is 0 Å². The first kappa shape index (κ1) is 38.6. The lowest BCUT2D eigenvalue weighted by molar-refractivity contribution is -0.146. The number of carbonyl (C=O) groups is 5. The van der Waals surface area contributed by atoms with E-state index >= 15 is 0 Å². The largest absolute Gasteiger partial charge is 0.347 e. The van der Waals surface area contributed by atoms with Crippen molar-refractivity contribution in [1.29, 1.82) is 0 Å². The van der Waals surface area contributed by atoms with Crippen molar-refractivity contribution >= 4 is 39.2 Å². The zero-order valence-electron chi connectivity index (χ0n) is 31.5. The zero-order chi connectivity index (χ0) is 36.6. The van der Waals surface area contributed by atoms with Crippen LogP contribution >= 0.6 is 0 Å². The molecule has 6 fully saturated rings. The highest BCUT2D eigenvalue weighted by Crippen LogP contribution is 2.65. The summed E-state index contributed by atoms with van der Waals surface area (Å²) in [7, 11) is -3.49. The van der Waals surface area contributed by atoms with Crippen LogP contribution in [-0.4, -0.2) is 83.8 Å². The van der Waals surface area contributed by atoms with E-state index in [0.717, 1.165) is 89.9 Å². The predicted molar refractivity (Wildman–Crippen MR) is 195 cm³/mol. The van der Waals surface area contributed by atoms with Gasteiger partial charge in [0.25, 0.3) is 5.91 Å². The molecule has 3 aliphatic heterocycles. The van der Waals surface area contributed by atoms with Gasteiger partial charge < -0.3 is 10.2 Å². The topological polar surface area (TPSA) is 138 Å². The van der Waals surface area contributed by atoms with Gasteiger partial charge in [-0.3, -0.25) is 24.0 Å². The Labute approximate surface area is 306 Å². The number of amides is 2. The number of nitrogens with one attached hydrogen (secondary N) is 1. The highest BCUT2D eigenvalue weighted by atomic mass is 32.2. The van der Waals surface area contributed by atoms with Gasteiger partial charge in [-0.25, -0.2) is 12.7 Å². The summed E-state index contributed by atoms with van der Waals surface area (Å²) < 4.78 is 28.8. The van der Waals surface area contributed by atoms with Crippen LogP contribution in [0.25, 0.3) is 0 Å². The molecule has 0 aromatic rings. The van der Waals surface area contributed by atoms with Gasteiger partial charge in [0.1, 0.15) is 5.78 Å². The Bertz CT molecular complexity index is 1450. The SMILES string of the molecule is CCN1CC[C@H](C2(CC(=O)C[C@H]3CCCCCCCCC[C@@H](C(=O)C(=O)NC4CC4)CC(=O)[C@@H]4[C@@H]5[C@H](CN4C3=O)C5(C)C)CCCCC2)S1(=O)=O. The molecule has 0 radical (unpaired) electrons. The van der Waals surface area contributed by atoms with Gasteiger partial charge in [0.05, 0.1) is 11.3 Å². The molecule has 0 aromatic heterocycles. The predicted octanol–water partition coefficient (Wildman–Crippen LogP) is 5.76. The van der Waals surface area contributed by atoms with Gasteiger partial charge in [-0.2, -0.15) is 0 Å². The molecule has 0 unspecified atom stereocenters. The second-order valence-electron chi connectivity index (χ2n) is 17.8. The first-order chi connectivity index (χ1) is 24.3. The Morgan fingerprint density at radius 1 is 0.843 bits per heavy atom. The van der Waals surface area contributed by atoms with E-state index in [2.05, 4.69) is 19.2 Å². The van der Waals surface area contributed by atoms with Crippen LogP contribution in [0.4, 0.5) is 0 Å². The molecule has 3 saturated heterocycles. The number of hydrogen-bond donors (Lipinski definition) is 1. The second-order valence-corrected chi connectivity index (χ2v) is 19.9. The lowest BCUT2D eigenvalue weighted by atomic mass is 9.67. The van der Waals surface area contributed by atoms with Crippen molar-refractivity contribution in [3.05, 3.63) is 0 Å². The Kier molecular flexibility index (Phi) is 11.9. The van der Waals surface area contributed by atoms with Crippen LogP contribution in [0.15, 0.2) is 0 Å². The minimum absolute atomic E-state index is 0.000166. The van der Waals surface area contributed by atoms with Crippen molar-refractivity contribution in [2.24, 2.45) is 34.5 Å². The normalized spacial score (nSPS) is 34.4. The monoisotopic (exact) mass is 729 g/mol. The average Bonchev–Trinajstić information content (AvgIpc) is 3.88. The minimum atomic E-state index is -3.49. The number of Topliss-reactive ketones (excluding diaryl/α,β-unsaturated/α-hetero) is 3. The molecule has 6 aliphatic rings. The molecule has 1 N–H and O–H groups in total. The van der Waals surface area contributed by atoms with Crippen LogP contribution in [0.2, 0.25) is 0 Å². The molecule has 6 rings (SSSR count). The summed E-state index contributed by atoms with van der Waals surface area (Å²) >= 11 is 0. The van der Waals surface area contributed by atoms with E-state index < -0.39 is 50.3 Å².